The zero-order chi connectivity index (χ0) is 11.0. The van der Waals surface area contributed by atoms with Crippen molar-refractivity contribution < 1.29 is 0 Å². The predicted octanol–water partition coefficient (Wildman–Crippen LogP) is 1.96. The minimum atomic E-state index is 0.808. The molecule has 1 aromatic carbocycles. The van der Waals surface area contributed by atoms with Gasteiger partial charge in [-0.25, -0.2) is 0 Å². The lowest BCUT2D eigenvalue weighted by Gasteiger charge is -2.38. The Morgan fingerprint density at radius 1 is 1.06 bits per heavy atom. The van der Waals surface area contributed by atoms with Crippen LogP contribution in [0.5, 0.6) is 0 Å². The highest BCUT2D eigenvalue weighted by Crippen LogP contribution is 2.28. The molecule has 2 aliphatic heterocycles. The van der Waals surface area contributed by atoms with E-state index in [1.165, 1.54) is 31.5 Å². The van der Waals surface area contributed by atoms with E-state index in [1.807, 2.05) is 0 Å². The second-order valence-corrected chi connectivity index (χ2v) is 5.23. The van der Waals surface area contributed by atoms with Crippen molar-refractivity contribution in [1.29, 1.82) is 0 Å². The maximum absolute atomic E-state index is 2.62. The predicted molar refractivity (Wildman–Crippen MR) is 66.3 cm³/mol. The van der Waals surface area contributed by atoms with Crippen LogP contribution in [0.15, 0.2) is 30.3 Å². The van der Waals surface area contributed by atoms with Gasteiger partial charge in [0.2, 0.25) is 0 Å². The number of likely N-dealkylation sites (N-methyl/N-ethyl adjacent to an activating group) is 1. The number of rotatable bonds is 2. The molecule has 0 saturated carbocycles. The number of likely N-dealkylation sites (tertiary alicyclic amines) is 1. The van der Waals surface area contributed by atoms with Crippen LogP contribution in [0.2, 0.25) is 0 Å². The van der Waals surface area contributed by atoms with E-state index in [0.717, 1.165) is 18.6 Å². The van der Waals surface area contributed by atoms with Crippen molar-refractivity contribution in [2.45, 2.75) is 31.5 Å². The average molecular weight is 216 g/mol. The summed E-state index contributed by atoms with van der Waals surface area (Å²) in [4.78, 5) is 5.21. The van der Waals surface area contributed by atoms with Crippen LogP contribution < -0.4 is 0 Å². The number of hydrogen-bond acceptors (Lipinski definition) is 2. The van der Waals surface area contributed by atoms with Crippen LogP contribution in [0.4, 0.5) is 0 Å². The molecule has 2 fully saturated rings. The minimum absolute atomic E-state index is 0.808. The fraction of sp³-hybridized carbons (Fsp3) is 0.571. The van der Waals surface area contributed by atoms with Gasteiger partial charge in [-0.3, -0.25) is 9.80 Å². The summed E-state index contributed by atoms with van der Waals surface area (Å²) in [6.45, 7) is 3.63. The van der Waals surface area contributed by atoms with Gasteiger partial charge in [0.15, 0.2) is 0 Å². The highest BCUT2D eigenvalue weighted by Gasteiger charge is 2.36. The van der Waals surface area contributed by atoms with E-state index in [0.29, 0.717) is 0 Å². The van der Waals surface area contributed by atoms with Gasteiger partial charge in [0.1, 0.15) is 0 Å². The Labute approximate surface area is 97.9 Å². The Bertz CT molecular complexity index is 335. The summed E-state index contributed by atoms with van der Waals surface area (Å²) in [5.74, 6) is 0. The molecule has 2 aliphatic rings. The minimum Gasteiger partial charge on any atom is -0.298 e. The lowest BCUT2D eigenvalue weighted by molar-refractivity contribution is 0.0837. The average Bonchev–Trinajstić information content (AvgIpc) is 2.54. The molecule has 2 nitrogen and oxygen atoms in total. The first kappa shape index (κ1) is 10.3. The maximum atomic E-state index is 2.62. The zero-order valence-corrected chi connectivity index (χ0v) is 9.97. The summed E-state index contributed by atoms with van der Waals surface area (Å²) in [5.41, 5.74) is 1.45. The quantitative estimate of drug-likeness (QED) is 0.745. The summed E-state index contributed by atoms with van der Waals surface area (Å²) in [7, 11) is 2.29. The van der Waals surface area contributed by atoms with Crippen LogP contribution >= 0.6 is 0 Å². The molecule has 3 rings (SSSR count). The van der Waals surface area contributed by atoms with Crippen LogP contribution in [0, 0.1) is 0 Å². The van der Waals surface area contributed by atoms with E-state index >= 15 is 0 Å². The SMILES string of the molecule is CN1C2CCC1CN(Cc1ccccc1)C2. The van der Waals surface area contributed by atoms with Gasteiger partial charge in [0.25, 0.3) is 0 Å². The lowest BCUT2D eigenvalue weighted by atomic mass is 10.1. The summed E-state index contributed by atoms with van der Waals surface area (Å²) in [6, 6.07) is 12.5. The third kappa shape index (κ3) is 1.87. The van der Waals surface area contributed by atoms with Crippen LogP contribution in [0.1, 0.15) is 18.4 Å². The molecular weight excluding hydrogens is 196 g/mol. The van der Waals surface area contributed by atoms with Crippen LogP contribution in [-0.4, -0.2) is 42.0 Å². The normalized spacial score (nSPS) is 30.8. The van der Waals surface area contributed by atoms with Crippen molar-refractivity contribution >= 4 is 0 Å². The van der Waals surface area contributed by atoms with Gasteiger partial charge in [-0.1, -0.05) is 30.3 Å². The Kier molecular flexibility index (Phi) is 2.70. The lowest BCUT2D eigenvalue weighted by Crippen LogP contribution is -2.51. The Balaban J connectivity index is 1.66. The van der Waals surface area contributed by atoms with Gasteiger partial charge in [0, 0.05) is 31.7 Å². The van der Waals surface area contributed by atoms with Gasteiger partial charge in [0.05, 0.1) is 0 Å². The summed E-state index contributed by atoms with van der Waals surface area (Å²) >= 11 is 0. The smallest absolute Gasteiger partial charge is 0.0235 e. The second kappa shape index (κ2) is 4.19. The number of fused-ring (bicyclic) bond motifs is 2. The summed E-state index contributed by atoms with van der Waals surface area (Å²) in [5, 5.41) is 0. The van der Waals surface area contributed by atoms with Crippen molar-refractivity contribution in [2.24, 2.45) is 0 Å². The zero-order valence-electron chi connectivity index (χ0n) is 9.97. The first-order valence-corrected chi connectivity index (χ1v) is 6.31. The molecule has 0 amide bonds. The van der Waals surface area contributed by atoms with Gasteiger partial charge < -0.3 is 0 Å². The number of hydrogen-bond donors (Lipinski definition) is 0. The molecule has 16 heavy (non-hydrogen) atoms. The third-order valence-electron chi connectivity index (χ3n) is 4.17. The van der Waals surface area contributed by atoms with Crippen LogP contribution in [0.25, 0.3) is 0 Å². The summed E-state index contributed by atoms with van der Waals surface area (Å²) < 4.78 is 0. The van der Waals surface area contributed by atoms with E-state index in [1.54, 1.807) is 0 Å². The molecular formula is C14H20N2. The van der Waals surface area contributed by atoms with E-state index in [9.17, 15) is 0 Å². The fourth-order valence-corrected chi connectivity index (χ4v) is 3.17. The summed E-state index contributed by atoms with van der Waals surface area (Å²) in [6.07, 6.45) is 2.79. The first-order chi connectivity index (χ1) is 7.83. The van der Waals surface area contributed by atoms with Crippen molar-refractivity contribution in [2.75, 3.05) is 20.1 Å². The Hall–Kier alpha value is -0.860. The molecule has 0 N–H and O–H groups in total. The molecule has 0 aromatic heterocycles. The van der Waals surface area contributed by atoms with Crippen molar-refractivity contribution in [1.82, 2.24) is 9.80 Å². The van der Waals surface area contributed by atoms with Gasteiger partial charge in [-0.15, -0.1) is 0 Å². The molecule has 0 spiro atoms. The molecule has 2 heteroatoms. The highest BCUT2D eigenvalue weighted by molar-refractivity contribution is 5.15. The van der Waals surface area contributed by atoms with Crippen LogP contribution in [0.3, 0.4) is 0 Å². The molecule has 0 radical (unpaired) electrons. The number of nitrogens with zero attached hydrogens (tertiary/aromatic N) is 2. The monoisotopic (exact) mass is 216 g/mol. The van der Waals surface area contributed by atoms with E-state index in [4.69, 9.17) is 0 Å². The topological polar surface area (TPSA) is 6.48 Å². The largest absolute Gasteiger partial charge is 0.298 e. The first-order valence-electron chi connectivity index (χ1n) is 6.31. The van der Waals surface area contributed by atoms with E-state index in [-0.39, 0.29) is 0 Å². The Morgan fingerprint density at radius 2 is 1.69 bits per heavy atom. The maximum Gasteiger partial charge on any atom is 0.0235 e. The van der Waals surface area contributed by atoms with Gasteiger partial charge in [-0.05, 0) is 25.5 Å². The molecule has 2 heterocycles. The van der Waals surface area contributed by atoms with Crippen molar-refractivity contribution in [3.8, 4) is 0 Å². The highest BCUT2D eigenvalue weighted by atomic mass is 15.3. The van der Waals surface area contributed by atoms with Crippen LogP contribution in [-0.2, 0) is 6.54 Å². The van der Waals surface area contributed by atoms with Crippen molar-refractivity contribution in [3.05, 3.63) is 35.9 Å². The van der Waals surface area contributed by atoms with E-state index in [2.05, 4.69) is 47.2 Å². The molecule has 0 aliphatic carbocycles. The molecule has 1 aromatic rings. The fourth-order valence-electron chi connectivity index (χ4n) is 3.17. The van der Waals surface area contributed by atoms with Gasteiger partial charge >= 0.3 is 0 Å². The van der Waals surface area contributed by atoms with E-state index < -0.39 is 0 Å². The molecule has 2 unspecified atom stereocenters. The molecule has 86 valence electrons. The number of piperazine rings is 1. The molecule has 2 saturated heterocycles. The molecule has 2 atom stereocenters. The number of benzene rings is 1. The molecule has 2 bridgehead atoms. The van der Waals surface area contributed by atoms with Crippen molar-refractivity contribution in [3.63, 3.8) is 0 Å². The van der Waals surface area contributed by atoms with Gasteiger partial charge in [-0.2, -0.15) is 0 Å². The standard InChI is InChI=1S/C14H20N2/c1-15-13-7-8-14(15)11-16(10-13)9-12-5-3-2-4-6-12/h2-6,13-14H,7-11H2,1H3. The Morgan fingerprint density at radius 3 is 2.31 bits per heavy atom. The second-order valence-electron chi connectivity index (χ2n) is 5.23. The third-order valence-corrected chi connectivity index (χ3v) is 4.17.